The SMILES string of the molecule is O=C(c1ccc(O)c([N+](=O)[O-])c1)N1CC(Oc2ccccc2Cl)C1. The van der Waals surface area contributed by atoms with Crippen molar-refractivity contribution in [3.05, 3.63) is 63.2 Å². The van der Waals surface area contributed by atoms with E-state index >= 15 is 0 Å². The van der Waals surface area contributed by atoms with Crippen LogP contribution in [0.2, 0.25) is 5.02 Å². The first-order valence-corrected chi connectivity index (χ1v) is 7.51. The molecular weight excluding hydrogens is 336 g/mol. The first-order valence-electron chi connectivity index (χ1n) is 7.13. The minimum atomic E-state index is -0.731. The molecule has 0 bridgehead atoms. The number of nitro groups is 1. The number of amides is 1. The maximum atomic E-state index is 12.3. The van der Waals surface area contributed by atoms with Crippen LogP contribution in [0.3, 0.4) is 0 Å². The highest BCUT2D eigenvalue weighted by Crippen LogP contribution is 2.29. The van der Waals surface area contributed by atoms with E-state index in [0.29, 0.717) is 23.9 Å². The van der Waals surface area contributed by atoms with E-state index in [2.05, 4.69) is 0 Å². The zero-order chi connectivity index (χ0) is 17.3. The molecule has 1 N–H and O–H groups in total. The topological polar surface area (TPSA) is 92.9 Å². The lowest BCUT2D eigenvalue weighted by molar-refractivity contribution is -0.385. The summed E-state index contributed by atoms with van der Waals surface area (Å²) in [7, 11) is 0. The highest BCUT2D eigenvalue weighted by atomic mass is 35.5. The fourth-order valence-electron chi connectivity index (χ4n) is 2.38. The summed E-state index contributed by atoms with van der Waals surface area (Å²) in [5, 5.41) is 20.8. The van der Waals surface area contributed by atoms with Crippen LogP contribution in [0.25, 0.3) is 0 Å². The quantitative estimate of drug-likeness (QED) is 0.677. The third kappa shape index (κ3) is 3.11. The largest absolute Gasteiger partial charge is 0.502 e. The number of ether oxygens (including phenoxy) is 1. The van der Waals surface area contributed by atoms with Crippen molar-refractivity contribution in [1.29, 1.82) is 0 Å². The molecule has 0 aliphatic carbocycles. The second-order valence-corrected chi connectivity index (χ2v) is 5.75. The van der Waals surface area contributed by atoms with Gasteiger partial charge in [-0.2, -0.15) is 0 Å². The fourth-order valence-corrected chi connectivity index (χ4v) is 2.56. The van der Waals surface area contributed by atoms with Gasteiger partial charge in [0.1, 0.15) is 11.9 Å². The number of rotatable bonds is 4. The first-order chi connectivity index (χ1) is 11.5. The van der Waals surface area contributed by atoms with Crippen LogP contribution in [0.1, 0.15) is 10.4 Å². The van der Waals surface area contributed by atoms with E-state index in [1.807, 2.05) is 0 Å². The van der Waals surface area contributed by atoms with E-state index in [4.69, 9.17) is 16.3 Å². The van der Waals surface area contributed by atoms with E-state index in [-0.39, 0.29) is 17.6 Å². The number of phenolic OH excluding ortho intramolecular Hbond substituents is 1. The molecule has 1 saturated heterocycles. The minimum absolute atomic E-state index is 0.149. The number of aromatic hydroxyl groups is 1. The average Bonchev–Trinajstić information content (AvgIpc) is 2.51. The number of para-hydroxylation sites is 1. The lowest BCUT2D eigenvalue weighted by atomic mass is 10.1. The van der Waals surface area contributed by atoms with Crippen molar-refractivity contribution in [2.45, 2.75) is 6.10 Å². The van der Waals surface area contributed by atoms with Crippen molar-refractivity contribution in [1.82, 2.24) is 4.90 Å². The number of halogens is 1. The Hall–Kier alpha value is -2.80. The second kappa shape index (κ2) is 6.37. The van der Waals surface area contributed by atoms with Gasteiger partial charge in [-0.3, -0.25) is 14.9 Å². The number of carbonyl (C=O) groups excluding carboxylic acids is 1. The Balaban J connectivity index is 1.64. The smallest absolute Gasteiger partial charge is 0.311 e. The molecule has 24 heavy (non-hydrogen) atoms. The first kappa shape index (κ1) is 16.1. The standard InChI is InChI=1S/C16H13ClN2O5/c17-12-3-1-2-4-15(12)24-11-8-18(9-11)16(21)10-5-6-14(20)13(7-10)19(22)23/h1-7,11,20H,8-9H2. The van der Waals surface area contributed by atoms with Gasteiger partial charge in [0.2, 0.25) is 0 Å². The van der Waals surface area contributed by atoms with Crippen LogP contribution < -0.4 is 4.74 Å². The van der Waals surface area contributed by atoms with E-state index in [1.165, 1.54) is 11.0 Å². The Morgan fingerprint density at radius 3 is 2.67 bits per heavy atom. The van der Waals surface area contributed by atoms with Crippen molar-refractivity contribution in [3.63, 3.8) is 0 Å². The molecule has 0 aromatic heterocycles. The molecule has 1 heterocycles. The van der Waals surface area contributed by atoms with Crippen LogP contribution in [0, 0.1) is 10.1 Å². The Kier molecular flexibility index (Phi) is 4.26. The fraction of sp³-hybridized carbons (Fsp3) is 0.188. The molecule has 7 nitrogen and oxygen atoms in total. The summed E-state index contributed by atoms with van der Waals surface area (Å²) in [4.78, 5) is 23.9. The maximum Gasteiger partial charge on any atom is 0.311 e. The molecule has 124 valence electrons. The molecule has 0 radical (unpaired) electrons. The normalized spacial score (nSPS) is 14.1. The Labute approximate surface area is 142 Å². The molecule has 8 heteroatoms. The Morgan fingerprint density at radius 1 is 1.29 bits per heavy atom. The highest BCUT2D eigenvalue weighted by molar-refractivity contribution is 6.32. The van der Waals surface area contributed by atoms with Crippen LogP contribution in [-0.4, -0.2) is 40.0 Å². The van der Waals surface area contributed by atoms with E-state index in [0.717, 1.165) is 12.1 Å². The van der Waals surface area contributed by atoms with Gasteiger partial charge >= 0.3 is 5.69 Å². The number of hydrogen-bond acceptors (Lipinski definition) is 5. The number of nitro benzene ring substituents is 1. The van der Waals surface area contributed by atoms with Gasteiger partial charge in [0, 0.05) is 11.6 Å². The number of nitrogens with zero attached hydrogens (tertiary/aromatic N) is 2. The predicted molar refractivity (Wildman–Crippen MR) is 86.5 cm³/mol. The third-order valence-electron chi connectivity index (χ3n) is 3.68. The Morgan fingerprint density at radius 2 is 2.00 bits per heavy atom. The summed E-state index contributed by atoms with van der Waals surface area (Å²) >= 11 is 6.01. The van der Waals surface area contributed by atoms with E-state index < -0.39 is 16.4 Å². The van der Waals surface area contributed by atoms with Gasteiger partial charge in [0.05, 0.1) is 23.0 Å². The van der Waals surface area contributed by atoms with Crippen LogP contribution in [0.5, 0.6) is 11.5 Å². The van der Waals surface area contributed by atoms with Gasteiger partial charge in [-0.05, 0) is 24.3 Å². The number of benzene rings is 2. The summed E-state index contributed by atoms with van der Waals surface area (Å²) in [6.07, 6.45) is -0.180. The van der Waals surface area contributed by atoms with Crippen LogP contribution in [-0.2, 0) is 0 Å². The molecular formula is C16H13ClN2O5. The number of phenols is 1. The number of carbonyl (C=O) groups is 1. The molecule has 3 rings (SSSR count). The summed E-state index contributed by atoms with van der Waals surface area (Å²) in [5.41, 5.74) is -0.346. The van der Waals surface area contributed by atoms with E-state index in [1.54, 1.807) is 24.3 Å². The van der Waals surface area contributed by atoms with Crippen LogP contribution in [0.4, 0.5) is 5.69 Å². The monoisotopic (exact) mass is 348 g/mol. The van der Waals surface area contributed by atoms with Gasteiger partial charge < -0.3 is 14.7 Å². The van der Waals surface area contributed by atoms with Crippen molar-refractivity contribution in [3.8, 4) is 11.5 Å². The minimum Gasteiger partial charge on any atom is -0.502 e. The third-order valence-corrected chi connectivity index (χ3v) is 4.00. The van der Waals surface area contributed by atoms with Gasteiger partial charge in [-0.25, -0.2) is 0 Å². The van der Waals surface area contributed by atoms with Gasteiger partial charge in [0.15, 0.2) is 5.75 Å². The number of hydrogen-bond donors (Lipinski definition) is 1. The lowest BCUT2D eigenvalue weighted by Crippen LogP contribution is -2.56. The van der Waals surface area contributed by atoms with Crippen molar-refractivity contribution < 1.29 is 19.6 Å². The Bertz CT molecular complexity index is 805. The van der Waals surface area contributed by atoms with Gasteiger partial charge in [0.25, 0.3) is 5.91 Å². The molecule has 1 fully saturated rings. The predicted octanol–water partition coefficient (Wildman–Crippen LogP) is 2.86. The van der Waals surface area contributed by atoms with Crippen LogP contribution >= 0.6 is 11.6 Å². The zero-order valence-corrected chi connectivity index (χ0v) is 13.1. The molecule has 1 amide bonds. The van der Waals surface area contributed by atoms with Crippen molar-refractivity contribution in [2.75, 3.05) is 13.1 Å². The summed E-state index contributed by atoms with van der Waals surface area (Å²) in [5.74, 6) is -0.270. The molecule has 2 aromatic rings. The van der Waals surface area contributed by atoms with Crippen LogP contribution in [0.15, 0.2) is 42.5 Å². The molecule has 2 aromatic carbocycles. The maximum absolute atomic E-state index is 12.3. The van der Waals surface area contributed by atoms with Gasteiger partial charge in [-0.15, -0.1) is 0 Å². The molecule has 1 aliphatic heterocycles. The molecule has 0 spiro atoms. The number of likely N-dealkylation sites (tertiary alicyclic amines) is 1. The second-order valence-electron chi connectivity index (χ2n) is 5.34. The van der Waals surface area contributed by atoms with Gasteiger partial charge in [-0.1, -0.05) is 23.7 Å². The highest BCUT2D eigenvalue weighted by Gasteiger charge is 2.33. The molecule has 1 aliphatic rings. The zero-order valence-electron chi connectivity index (χ0n) is 12.4. The summed E-state index contributed by atoms with van der Waals surface area (Å²) in [6, 6.07) is 10.6. The molecule has 0 saturated carbocycles. The summed E-state index contributed by atoms with van der Waals surface area (Å²) in [6.45, 7) is 0.720. The van der Waals surface area contributed by atoms with Crippen molar-refractivity contribution >= 4 is 23.2 Å². The average molecular weight is 349 g/mol. The lowest BCUT2D eigenvalue weighted by Gasteiger charge is -2.39. The van der Waals surface area contributed by atoms with E-state index in [9.17, 15) is 20.0 Å². The molecule has 0 atom stereocenters. The molecule has 0 unspecified atom stereocenters. The summed E-state index contributed by atoms with van der Waals surface area (Å²) < 4.78 is 5.70. The van der Waals surface area contributed by atoms with Crippen molar-refractivity contribution in [2.24, 2.45) is 0 Å².